The number of non-ortho nitro benzene ring substituents is 1. The van der Waals surface area contributed by atoms with Gasteiger partial charge in [0.05, 0.1) is 16.4 Å². The van der Waals surface area contributed by atoms with Crippen molar-refractivity contribution < 1.29 is 19.2 Å². The summed E-state index contributed by atoms with van der Waals surface area (Å²) >= 11 is 1.43. The number of thioether (sulfide) groups is 1. The molecule has 0 saturated carbocycles. The van der Waals surface area contributed by atoms with Crippen LogP contribution < -0.4 is 4.90 Å². The molecule has 0 atom stereocenters. The van der Waals surface area contributed by atoms with E-state index in [4.69, 9.17) is 4.74 Å². The molecule has 1 aliphatic heterocycles. The first kappa shape index (κ1) is 17.0. The molecule has 2 aromatic carbocycles. The summed E-state index contributed by atoms with van der Waals surface area (Å²) in [5, 5.41) is 10.8. The van der Waals surface area contributed by atoms with Gasteiger partial charge in [0.1, 0.15) is 13.2 Å². The van der Waals surface area contributed by atoms with Crippen LogP contribution in [0.5, 0.6) is 0 Å². The highest BCUT2D eigenvalue weighted by atomic mass is 32.2. The Labute approximate surface area is 147 Å². The first-order valence-electron chi connectivity index (χ1n) is 7.46. The SMILES string of the molecule is O=C(CN1C(=O)CSc2ccccc21)OCc1cccc([N+](=O)[O-])c1. The molecule has 1 heterocycles. The number of para-hydroxylation sites is 1. The average molecular weight is 358 g/mol. The minimum Gasteiger partial charge on any atom is -0.459 e. The molecule has 3 rings (SSSR count). The smallest absolute Gasteiger partial charge is 0.326 e. The summed E-state index contributed by atoms with van der Waals surface area (Å²) in [4.78, 5) is 36.8. The van der Waals surface area contributed by atoms with Gasteiger partial charge in [-0.3, -0.25) is 24.6 Å². The lowest BCUT2D eigenvalue weighted by Crippen LogP contribution is -2.39. The van der Waals surface area contributed by atoms with E-state index < -0.39 is 10.9 Å². The zero-order valence-corrected chi connectivity index (χ0v) is 13.9. The molecule has 0 aromatic heterocycles. The van der Waals surface area contributed by atoms with Crippen molar-refractivity contribution in [3.8, 4) is 0 Å². The minimum absolute atomic E-state index is 0.0642. The van der Waals surface area contributed by atoms with Crippen LogP contribution in [0.4, 0.5) is 11.4 Å². The van der Waals surface area contributed by atoms with Crippen molar-refractivity contribution in [1.29, 1.82) is 0 Å². The van der Waals surface area contributed by atoms with E-state index in [1.165, 1.54) is 34.9 Å². The van der Waals surface area contributed by atoms with Gasteiger partial charge in [-0.25, -0.2) is 0 Å². The summed E-state index contributed by atoms with van der Waals surface area (Å²) in [5.41, 5.74) is 1.14. The lowest BCUT2D eigenvalue weighted by molar-refractivity contribution is -0.384. The highest BCUT2D eigenvalue weighted by Crippen LogP contribution is 2.34. The Morgan fingerprint density at radius 2 is 2.04 bits per heavy atom. The van der Waals surface area contributed by atoms with E-state index in [1.807, 2.05) is 12.1 Å². The maximum absolute atomic E-state index is 12.1. The summed E-state index contributed by atoms with van der Waals surface area (Å²) in [6.07, 6.45) is 0. The number of esters is 1. The third kappa shape index (κ3) is 3.97. The van der Waals surface area contributed by atoms with Gasteiger partial charge in [0.2, 0.25) is 5.91 Å². The van der Waals surface area contributed by atoms with Crippen LogP contribution >= 0.6 is 11.8 Å². The zero-order valence-electron chi connectivity index (χ0n) is 13.1. The molecule has 0 N–H and O–H groups in total. The van der Waals surface area contributed by atoms with E-state index in [1.54, 1.807) is 18.2 Å². The van der Waals surface area contributed by atoms with Gasteiger partial charge in [-0.1, -0.05) is 24.3 Å². The number of hydrogen-bond donors (Lipinski definition) is 0. The van der Waals surface area contributed by atoms with Crippen molar-refractivity contribution in [2.24, 2.45) is 0 Å². The standard InChI is InChI=1S/C17H14N2O5S/c20-16-11-25-15-7-2-1-6-14(15)18(16)9-17(21)24-10-12-4-3-5-13(8-12)19(22)23/h1-8H,9-11H2. The third-order valence-corrected chi connectivity index (χ3v) is 4.66. The number of nitro groups is 1. The van der Waals surface area contributed by atoms with Crippen molar-refractivity contribution in [2.45, 2.75) is 11.5 Å². The predicted molar refractivity (Wildman–Crippen MR) is 92.4 cm³/mol. The molecule has 1 amide bonds. The molecule has 128 valence electrons. The second kappa shape index (κ2) is 7.35. The largest absolute Gasteiger partial charge is 0.459 e. The van der Waals surface area contributed by atoms with Gasteiger partial charge < -0.3 is 4.74 Å². The molecule has 0 spiro atoms. The predicted octanol–water partition coefficient (Wildman–Crippen LogP) is 2.78. The van der Waals surface area contributed by atoms with Gasteiger partial charge in [0.15, 0.2) is 0 Å². The number of fused-ring (bicyclic) bond motifs is 1. The number of nitro benzene ring substituents is 1. The lowest BCUT2D eigenvalue weighted by atomic mass is 10.2. The quantitative estimate of drug-likeness (QED) is 0.464. The van der Waals surface area contributed by atoms with Crippen LogP contribution in [-0.4, -0.2) is 29.1 Å². The van der Waals surface area contributed by atoms with E-state index in [0.717, 1.165) is 4.90 Å². The van der Waals surface area contributed by atoms with Crippen LogP contribution in [-0.2, 0) is 20.9 Å². The number of benzene rings is 2. The van der Waals surface area contributed by atoms with Crippen molar-refractivity contribution >= 4 is 35.0 Å². The molecule has 0 bridgehead atoms. The lowest BCUT2D eigenvalue weighted by Gasteiger charge is -2.27. The molecule has 0 radical (unpaired) electrons. The zero-order chi connectivity index (χ0) is 17.8. The van der Waals surface area contributed by atoms with Crippen molar-refractivity contribution in [2.75, 3.05) is 17.2 Å². The fourth-order valence-electron chi connectivity index (χ4n) is 2.43. The monoisotopic (exact) mass is 358 g/mol. The first-order valence-corrected chi connectivity index (χ1v) is 8.44. The molecule has 0 saturated heterocycles. The van der Waals surface area contributed by atoms with Gasteiger partial charge in [-0.2, -0.15) is 0 Å². The Morgan fingerprint density at radius 1 is 1.24 bits per heavy atom. The number of carbonyl (C=O) groups is 2. The minimum atomic E-state index is -0.568. The molecule has 8 heteroatoms. The summed E-state index contributed by atoms with van der Waals surface area (Å²) in [5.74, 6) is -0.451. The summed E-state index contributed by atoms with van der Waals surface area (Å²) in [7, 11) is 0. The molecule has 0 fully saturated rings. The van der Waals surface area contributed by atoms with Gasteiger partial charge >= 0.3 is 5.97 Å². The number of carbonyl (C=O) groups excluding carboxylic acids is 2. The Balaban J connectivity index is 1.64. The van der Waals surface area contributed by atoms with E-state index in [9.17, 15) is 19.7 Å². The molecular formula is C17H14N2O5S. The second-order valence-electron chi connectivity index (χ2n) is 5.32. The number of hydrogen-bond acceptors (Lipinski definition) is 6. The Bertz CT molecular complexity index is 839. The number of rotatable bonds is 5. The van der Waals surface area contributed by atoms with E-state index in [-0.39, 0.29) is 30.5 Å². The Morgan fingerprint density at radius 3 is 2.84 bits per heavy atom. The molecule has 0 unspecified atom stereocenters. The Kier molecular flexibility index (Phi) is 4.99. The van der Waals surface area contributed by atoms with Crippen molar-refractivity contribution in [3.63, 3.8) is 0 Å². The summed E-state index contributed by atoms with van der Waals surface area (Å²) < 4.78 is 5.17. The number of ether oxygens (including phenoxy) is 1. The molecule has 2 aromatic rings. The van der Waals surface area contributed by atoms with E-state index >= 15 is 0 Å². The van der Waals surface area contributed by atoms with E-state index in [2.05, 4.69) is 0 Å². The second-order valence-corrected chi connectivity index (χ2v) is 6.34. The summed E-state index contributed by atoms with van der Waals surface area (Å²) in [6.45, 7) is -0.274. The van der Waals surface area contributed by atoms with Crippen LogP contribution in [0.25, 0.3) is 0 Å². The van der Waals surface area contributed by atoms with Crippen molar-refractivity contribution in [3.05, 3.63) is 64.2 Å². The first-order chi connectivity index (χ1) is 12.0. The molecule has 25 heavy (non-hydrogen) atoms. The highest BCUT2D eigenvalue weighted by molar-refractivity contribution is 8.00. The average Bonchev–Trinajstić information content (AvgIpc) is 2.62. The highest BCUT2D eigenvalue weighted by Gasteiger charge is 2.26. The van der Waals surface area contributed by atoms with Crippen LogP contribution in [0, 0.1) is 10.1 Å². The number of amides is 1. The fraction of sp³-hybridized carbons (Fsp3) is 0.176. The Hall–Kier alpha value is -2.87. The molecule has 0 aliphatic carbocycles. The van der Waals surface area contributed by atoms with Crippen LogP contribution in [0.3, 0.4) is 0 Å². The fourth-order valence-corrected chi connectivity index (χ4v) is 3.36. The topological polar surface area (TPSA) is 89.8 Å². The summed E-state index contributed by atoms with van der Waals surface area (Å²) in [6, 6.07) is 13.2. The van der Waals surface area contributed by atoms with Crippen LogP contribution in [0.1, 0.15) is 5.56 Å². The third-order valence-electron chi connectivity index (χ3n) is 3.62. The van der Waals surface area contributed by atoms with Crippen LogP contribution in [0.15, 0.2) is 53.4 Å². The molecule has 7 nitrogen and oxygen atoms in total. The van der Waals surface area contributed by atoms with Gasteiger partial charge in [-0.05, 0) is 17.7 Å². The van der Waals surface area contributed by atoms with Gasteiger partial charge in [-0.15, -0.1) is 11.8 Å². The maximum atomic E-state index is 12.1. The van der Waals surface area contributed by atoms with Gasteiger partial charge in [0.25, 0.3) is 5.69 Å². The van der Waals surface area contributed by atoms with Crippen molar-refractivity contribution in [1.82, 2.24) is 0 Å². The van der Waals surface area contributed by atoms with E-state index in [0.29, 0.717) is 11.3 Å². The number of anilines is 1. The van der Waals surface area contributed by atoms with Crippen LogP contribution in [0.2, 0.25) is 0 Å². The number of nitrogens with zero attached hydrogens (tertiary/aromatic N) is 2. The molecule has 1 aliphatic rings. The van der Waals surface area contributed by atoms with Gasteiger partial charge in [0, 0.05) is 17.0 Å². The maximum Gasteiger partial charge on any atom is 0.326 e. The molecular weight excluding hydrogens is 344 g/mol. The normalized spacial score (nSPS) is 13.3.